The van der Waals surface area contributed by atoms with Crippen molar-refractivity contribution in [3.8, 4) is 0 Å². The van der Waals surface area contributed by atoms with E-state index in [0.29, 0.717) is 5.82 Å². The average molecular weight is 306 g/mol. The van der Waals surface area contributed by atoms with Crippen LogP contribution in [0.25, 0.3) is 0 Å². The first-order chi connectivity index (χ1) is 7.54. The van der Waals surface area contributed by atoms with Gasteiger partial charge in [-0.15, -0.1) is 0 Å². The average Bonchev–Trinajstić information content (AvgIpc) is 1.95. The van der Waals surface area contributed by atoms with E-state index in [2.05, 4.69) is 8.62 Å². The SMILES string of the molecule is CC(C)=CC=CP(=O)(O)OP(=O)(O)O[PH](=O)O. The van der Waals surface area contributed by atoms with Crippen molar-refractivity contribution in [3.63, 3.8) is 0 Å². The molecular weight excluding hydrogens is 293 g/mol. The zero-order valence-electron chi connectivity index (χ0n) is 9.01. The Morgan fingerprint density at radius 3 is 2.24 bits per heavy atom. The molecule has 3 N–H and O–H groups in total. The zero-order valence-corrected chi connectivity index (χ0v) is 11.8. The van der Waals surface area contributed by atoms with Gasteiger partial charge in [0.05, 0.1) is 0 Å². The first-order valence-corrected chi connectivity index (χ1v) is 8.56. The second-order valence-corrected chi connectivity index (χ2v) is 7.34. The molecule has 0 amide bonds. The minimum atomic E-state index is -5.04. The van der Waals surface area contributed by atoms with Crippen molar-refractivity contribution in [3.05, 3.63) is 23.5 Å². The van der Waals surface area contributed by atoms with Gasteiger partial charge in [0.15, 0.2) is 0 Å². The molecule has 0 aliphatic heterocycles. The number of allylic oxidation sites excluding steroid dienone is 3. The fourth-order valence-electron chi connectivity index (χ4n) is 0.635. The summed E-state index contributed by atoms with van der Waals surface area (Å²) in [5.41, 5.74) is 0.824. The molecule has 0 aromatic heterocycles. The van der Waals surface area contributed by atoms with Crippen LogP contribution >= 0.6 is 23.7 Å². The van der Waals surface area contributed by atoms with Gasteiger partial charge in [0.25, 0.3) is 0 Å². The Bertz CT molecular complexity index is 435. The monoisotopic (exact) mass is 306 g/mol. The summed E-state index contributed by atoms with van der Waals surface area (Å²) >= 11 is 0. The molecule has 0 aromatic carbocycles. The van der Waals surface area contributed by atoms with E-state index in [1.807, 2.05) is 0 Å². The van der Waals surface area contributed by atoms with E-state index >= 15 is 0 Å². The van der Waals surface area contributed by atoms with E-state index in [-0.39, 0.29) is 0 Å². The van der Waals surface area contributed by atoms with Crippen molar-refractivity contribution in [2.45, 2.75) is 13.8 Å². The standard InChI is InChI=1S/C6H13O8P3/c1-6(2)4-3-5-16(9,10)14-17(11,12)13-15(7)8/h3-5,15H,1-2H3,(H,7,8)(H,9,10)(H,11,12). The molecule has 0 radical (unpaired) electrons. The smallest absolute Gasteiger partial charge is 0.326 e. The largest absolute Gasteiger partial charge is 0.486 e. The predicted molar refractivity (Wildman–Crippen MR) is 61.6 cm³/mol. The lowest BCUT2D eigenvalue weighted by atomic mass is 10.3. The normalized spacial score (nSPS) is 20.5. The summed E-state index contributed by atoms with van der Waals surface area (Å²) in [4.78, 5) is 26.2. The number of phosphoric acid groups is 1. The molecule has 0 bridgehead atoms. The molecule has 100 valence electrons. The highest BCUT2D eigenvalue weighted by atomic mass is 31.3. The molecule has 11 heteroatoms. The fraction of sp³-hybridized carbons (Fsp3) is 0.333. The highest BCUT2D eigenvalue weighted by Gasteiger charge is 2.33. The van der Waals surface area contributed by atoms with E-state index in [0.717, 1.165) is 11.6 Å². The number of hydrogen-bond donors (Lipinski definition) is 3. The lowest BCUT2D eigenvalue weighted by Gasteiger charge is -2.11. The zero-order chi connectivity index (χ0) is 13.7. The van der Waals surface area contributed by atoms with E-state index < -0.39 is 23.7 Å². The Morgan fingerprint density at radius 1 is 1.29 bits per heavy atom. The van der Waals surface area contributed by atoms with Gasteiger partial charge in [0.2, 0.25) is 0 Å². The maximum Gasteiger partial charge on any atom is 0.486 e. The van der Waals surface area contributed by atoms with Crippen LogP contribution in [0.15, 0.2) is 23.5 Å². The first-order valence-electron chi connectivity index (χ1n) is 4.16. The van der Waals surface area contributed by atoms with Gasteiger partial charge in [-0.2, -0.15) is 0 Å². The molecule has 0 aliphatic carbocycles. The van der Waals surface area contributed by atoms with E-state index in [1.165, 1.54) is 6.08 Å². The molecule has 0 saturated carbocycles. The highest BCUT2D eigenvalue weighted by Crippen LogP contribution is 2.63. The molecule has 0 rings (SSSR count). The maximum absolute atomic E-state index is 11.2. The van der Waals surface area contributed by atoms with Crippen LogP contribution in [-0.4, -0.2) is 14.7 Å². The van der Waals surface area contributed by atoms with Gasteiger partial charge >= 0.3 is 23.7 Å². The van der Waals surface area contributed by atoms with Crippen LogP contribution in [0.3, 0.4) is 0 Å². The Morgan fingerprint density at radius 2 is 1.82 bits per heavy atom. The van der Waals surface area contributed by atoms with Crippen LogP contribution in [0.2, 0.25) is 0 Å². The third kappa shape index (κ3) is 9.65. The summed E-state index contributed by atoms with van der Waals surface area (Å²) in [7, 11) is -13.3. The third-order valence-electron chi connectivity index (χ3n) is 1.12. The Kier molecular flexibility index (Phi) is 6.77. The minimum absolute atomic E-state index is 0.654. The van der Waals surface area contributed by atoms with Crippen LogP contribution in [0, 0.1) is 0 Å². The topological polar surface area (TPSA) is 130 Å². The van der Waals surface area contributed by atoms with Crippen LogP contribution in [0.1, 0.15) is 13.8 Å². The summed E-state index contributed by atoms with van der Waals surface area (Å²) in [6.07, 6.45) is 2.61. The lowest BCUT2D eigenvalue weighted by molar-refractivity contribution is 0.266. The molecule has 0 heterocycles. The quantitative estimate of drug-likeness (QED) is 0.502. The molecule has 0 saturated heterocycles. The molecular formula is C6H13O8P3. The molecule has 0 fully saturated rings. The molecule has 8 nitrogen and oxygen atoms in total. The Hall–Kier alpha value is -0.0300. The Balaban J connectivity index is 4.71. The summed E-state index contributed by atoms with van der Waals surface area (Å²) in [5, 5.41) is 0. The second-order valence-electron chi connectivity index (χ2n) is 3.06. The maximum atomic E-state index is 11.2. The number of rotatable bonds is 6. The third-order valence-corrected chi connectivity index (χ3v) is 4.98. The molecule has 0 spiro atoms. The second kappa shape index (κ2) is 6.78. The van der Waals surface area contributed by atoms with Gasteiger partial charge in [-0.25, -0.2) is 13.2 Å². The fourth-order valence-corrected chi connectivity index (χ4v) is 3.56. The van der Waals surface area contributed by atoms with Crippen molar-refractivity contribution >= 4 is 23.7 Å². The van der Waals surface area contributed by atoms with E-state index in [1.54, 1.807) is 13.8 Å². The summed E-state index contributed by atoms with van der Waals surface area (Å²) in [5.74, 6) is 0.654. The van der Waals surface area contributed by atoms with Gasteiger partial charge in [-0.1, -0.05) is 17.7 Å². The van der Waals surface area contributed by atoms with E-state index in [9.17, 15) is 13.7 Å². The summed E-state index contributed by atoms with van der Waals surface area (Å²) in [6.45, 7) is 3.46. The predicted octanol–water partition coefficient (Wildman–Crippen LogP) is 2.17. The van der Waals surface area contributed by atoms with Gasteiger partial charge in [-0.05, 0) is 13.8 Å². The molecule has 17 heavy (non-hydrogen) atoms. The Labute approximate surface area is 98.7 Å². The molecule has 0 aliphatic rings. The van der Waals surface area contributed by atoms with Crippen LogP contribution in [-0.2, 0) is 22.3 Å². The summed E-state index contributed by atoms with van der Waals surface area (Å²) < 4.78 is 39.8. The molecule has 0 aromatic rings. The first kappa shape index (κ1) is 17.0. The lowest BCUT2D eigenvalue weighted by Crippen LogP contribution is -1.87. The van der Waals surface area contributed by atoms with Gasteiger partial charge in [-0.3, -0.25) is 9.13 Å². The van der Waals surface area contributed by atoms with Crippen LogP contribution < -0.4 is 0 Å². The van der Waals surface area contributed by atoms with Gasteiger partial charge < -0.3 is 14.7 Å². The van der Waals surface area contributed by atoms with Crippen LogP contribution in [0.5, 0.6) is 0 Å². The van der Waals surface area contributed by atoms with Crippen molar-refractivity contribution in [2.24, 2.45) is 0 Å². The molecule has 3 atom stereocenters. The van der Waals surface area contributed by atoms with Crippen molar-refractivity contribution in [1.29, 1.82) is 0 Å². The minimum Gasteiger partial charge on any atom is -0.326 e. The number of hydrogen-bond acceptors (Lipinski definition) is 5. The highest BCUT2D eigenvalue weighted by molar-refractivity contribution is 7.68. The molecule has 3 unspecified atom stereocenters. The van der Waals surface area contributed by atoms with Crippen molar-refractivity contribution in [1.82, 2.24) is 0 Å². The van der Waals surface area contributed by atoms with Crippen molar-refractivity contribution in [2.75, 3.05) is 0 Å². The van der Waals surface area contributed by atoms with Gasteiger partial charge in [0.1, 0.15) is 0 Å². The van der Waals surface area contributed by atoms with Gasteiger partial charge in [0, 0.05) is 5.82 Å². The van der Waals surface area contributed by atoms with E-state index in [4.69, 9.17) is 14.7 Å². The van der Waals surface area contributed by atoms with Crippen LogP contribution in [0.4, 0.5) is 0 Å². The summed E-state index contributed by atoms with van der Waals surface area (Å²) in [6, 6.07) is 0. The van der Waals surface area contributed by atoms with Crippen molar-refractivity contribution < 1.29 is 37.0 Å².